The summed E-state index contributed by atoms with van der Waals surface area (Å²) in [6.07, 6.45) is 3.34. The predicted octanol–water partition coefficient (Wildman–Crippen LogP) is 2.45. The Labute approximate surface area is 117 Å². The Morgan fingerprint density at radius 3 is 2.37 bits per heavy atom. The maximum absolute atomic E-state index is 12.4. The molecule has 1 aromatic heterocycles. The van der Waals surface area contributed by atoms with Crippen molar-refractivity contribution in [2.45, 2.75) is 64.2 Å². The zero-order chi connectivity index (χ0) is 14.3. The summed E-state index contributed by atoms with van der Waals surface area (Å²) in [5.41, 5.74) is -0.513. The fraction of sp³-hybridized carbons (Fsp3) is 0.846. The number of nitrogens with one attached hydrogen (secondary N) is 1. The van der Waals surface area contributed by atoms with Gasteiger partial charge < -0.3 is 8.97 Å². The lowest BCUT2D eigenvalue weighted by molar-refractivity contribution is 0.285. The van der Waals surface area contributed by atoms with E-state index in [1.165, 1.54) is 12.8 Å². The summed E-state index contributed by atoms with van der Waals surface area (Å²) in [6, 6.07) is 0. The lowest BCUT2D eigenvalue weighted by atomic mass is 9.96. The Hall–Kier alpha value is -0.590. The fourth-order valence-corrected chi connectivity index (χ4v) is 2.84. The molecule has 6 heteroatoms. The summed E-state index contributed by atoms with van der Waals surface area (Å²) in [4.78, 5) is 0. The average molecular weight is 285 g/mol. The number of rotatable bonds is 5. The lowest BCUT2D eigenvalue weighted by Gasteiger charge is -2.32. The summed E-state index contributed by atoms with van der Waals surface area (Å²) in [7, 11) is 0. The van der Waals surface area contributed by atoms with Gasteiger partial charge >= 0.3 is 0 Å². The lowest BCUT2D eigenvalue weighted by Crippen LogP contribution is -2.50. The van der Waals surface area contributed by atoms with Crippen LogP contribution >= 0.6 is 0 Å². The van der Waals surface area contributed by atoms with Gasteiger partial charge in [-0.15, -0.1) is 14.9 Å². The van der Waals surface area contributed by atoms with Crippen molar-refractivity contribution in [2.75, 3.05) is 0 Å². The van der Waals surface area contributed by atoms with E-state index in [4.69, 9.17) is 4.42 Å². The maximum atomic E-state index is 12.4. The first-order valence-corrected chi connectivity index (χ1v) is 7.86. The molecule has 0 spiro atoms. The first kappa shape index (κ1) is 14.8. The SMILES string of the molecule is Cc1nnc(C(C)(CC2CC2)N[S+]([O-])C(C)(C)C)o1. The molecule has 5 nitrogen and oxygen atoms in total. The second kappa shape index (κ2) is 5.07. The van der Waals surface area contributed by atoms with E-state index in [0.29, 0.717) is 17.7 Å². The van der Waals surface area contributed by atoms with Gasteiger partial charge in [-0.1, -0.05) is 12.8 Å². The van der Waals surface area contributed by atoms with Crippen LogP contribution in [-0.4, -0.2) is 19.5 Å². The van der Waals surface area contributed by atoms with E-state index in [1.807, 2.05) is 27.7 Å². The van der Waals surface area contributed by atoms with Crippen molar-refractivity contribution in [1.29, 1.82) is 0 Å². The quantitative estimate of drug-likeness (QED) is 0.841. The number of nitrogens with zero attached hydrogens (tertiary/aromatic N) is 2. The smallest absolute Gasteiger partial charge is 0.240 e. The van der Waals surface area contributed by atoms with Gasteiger partial charge in [-0.05, 0) is 40.0 Å². The second-order valence-electron chi connectivity index (χ2n) is 6.59. The molecule has 1 heterocycles. The number of hydrogen-bond donors (Lipinski definition) is 1. The molecule has 0 bridgehead atoms. The molecule has 1 fully saturated rings. The molecule has 2 atom stereocenters. The summed E-state index contributed by atoms with van der Waals surface area (Å²) >= 11 is -1.16. The Balaban J connectivity index is 2.19. The standard InChI is InChI=1S/C13H23N3O2S/c1-9-14-15-11(18-9)13(5,8-10-6-7-10)16-19(17)12(2,3)4/h10,16H,6-8H2,1-5H3. The summed E-state index contributed by atoms with van der Waals surface area (Å²) < 4.78 is 20.8. The number of aryl methyl sites for hydroxylation is 1. The van der Waals surface area contributed by atoms with Crippen molar-refractivity contribution in [1.82, 2.24) is 14.9 Å². The van der Waals surface area contributed by atoms with Crippen LogP contribution in [0.4, 0.5) is 0 Å². The van der Waals surface area contributed by atoms with Crippen molar-refractivity contribution < 1.29 is 8.97 Å². The molecule has 0 radical (unpaired) electrons. The van der Waals surface area contributed by atoms with E-state index < -0.39 is 16.9 Å². The molecule has 1 aliphatic rings. The van der Waals surface area contributed by atoms with E-state index in [2.05, 4.69) is 14.9 Å². The third kappa shape index (κ3) is 3.70. The van der Waals surface area contributed by atoms with Crippen molar-refractivity contribution in [3.63, 3.8) is 0 Å². The van der Waals surface area contributed by atoms with Crippen molar-refractivity contribution in [3.05, 3.63) is 11.8 Å². The van der Waals surface area contributed by atoms with Gasteiger partial charge in [0, 0.05) is 18.3 Å². The van der Waals surface area contributed by atoms with Crippen LogP contribution in [0, 0.1) is 12.8 Å². The van der Waals surface area contributed by atoms with Gasteiger partial charge in [-0.3, -0.25) is 0 Å². The Morgan fingerprint density at radius 1 is 1.32 bits per heavy atom. The first-order chi connectivity index (χ1) is 8.71. The Morgan fingerprint density at radius 2 is 1.95 bits per heavy atom. The molecule has 2 unspecified atom stereocenters. The monoisotopic (exact) mass is 285 g/mol. The van der Waals surface area contributed by atoms with E-state index >= 15 is 0 Å². The molecule has 19 heavy (non-hydrogen) atoms. The van der Waals surface area contributed by atoms with Crippen molar-refractivity contribution in [2.24, 2.45) is 5.92 Å². The average Bonchev–Trinajstić information content (AvgIpc) is 2.95. The van der Waals surface area contributed by atoms with E-state index in [0.717, 1.165) is 6.42 Å². The molecule has 1 aromatic rings. The van der Waals surface area contributed by atoms with E-state index in [-0.39, 0.29) is 4.75 Å². The molecule has 2 rings (SSSR count). The minimum Gasteiger partial charge on any atom is -0.598 e. The van der Waals surface area contributed by atoms with Crippen LogP contribution in [0.15, 0.2) is 4.42 Å². The fourth-order valence-electron chi connectivity index (χ4n) is 1.95. The second-order valence-corrected chi connectivity index (χ2v) is 8.56. The highest BCUT2D eigenvalue weighted by molar-refractivity contribution is 7.90. The van der Waals surface area contributed by atoms with Crippen LogP contribution in [-0.2, 0) is 16.9 Å². The number of aromatic nitrogens is 2. The van der Waals surface area contributed by atoms with E-state index in [9.17, 15) is 4.55 Å². The minimum absolute atomic E-state index is 0.320. The molecular weight excluding hydrogens is 262 g/mol. The van der Waals surface area contributed by atoms with Crippen LogP contribution < -0.4 is 4.72 Å². The Bertz CT molecular complexity index is 439. The molecular formula is C13H23N3O2S. The normalized spacial score (nSPS) is 21.2. The van der Waals surface area contributed by atoms with Gasteiger partial charge in [0.25, 0.3) is 0 Å². The first-order valence-electron chi connectivity index (χ1n) is 6.71. The van der Waals surface area contributed by atoms with Gasteiger partial charge in [-0.2, -0.15) is 0 Å². The minimum atomic E-state index is -1.16. The molecule has 0 aromatic carbocycles. The van der Waals surface area contributed by atoms with Crippen LogP contribution in [0.1, 0.15) is 58.7 Å². The highest BCUT2D eigenvalue weighted by Gasteiger charge is 2.44. The van der Waals surface area contributed by atoms with E-state index in [1.54, 1.807) is 6.92 Å². The molecule has 0 amide bonds. The van der Waals surface area contributed by atoms with Crippen LogP contribution in [0.2, 0.25) is 0 Å². The zero-order valence-electron chi connectivity index (χ0n) is 12.3. The van der Waals surface area contributed by atoms with Gasteiger partial charge in [0.1, 0.15) is 10.3 Å². The molecule has 0 saturated heterocycles. The molecule has 108 valence electrons. The summed E-state index contributed by atoms with van der Waals surface area (Å²) in [6.45, 7) is 9.63. The van der Waals surface area contributed by atoms with Crippen molar-refractivity contribution in [3.8, 4) is 0 Å². The molecule has 1 saturated carbocycles. The van der Waals surface area contributed by atoms with Gasteiger partial charge in [0.2, 0.25) is 11.8 Å². The highest BCUT2D eigenvalue weighted by Crippen LogP contribution is 2.41. The molecule has 1 N–H and O–H groups in total. The van der Waals surface area contributed by atoms with Gasteiger partial charge in [-0.25, -0.2) is 0 Å². The largest absolute Gasteiger partial charge is 0.598 e. The van der Waals surface area contributed by atoms with Crippen LogP contribution in [0.5, 0.6) is 0 Å². The van der Waals surface area contributed by atoms with Crippen LogP contribution in [0.3, 0.4) is 0 Å². The summed E-state index contributed by atoms with van der Waals surface area (Å²) in [5.74, 6) is 1.75. The van der Waals surface area contributed by atoms with Gasteiger partial charge in [0.05, 0.1) is 0 Å². The molecule has 1 aliphatic carbocycles. The van der Waals surface area contributed by atoms with Gasteiger partial charge in [0.15, 0.2) is 0 Å². The predicted molar refractivity (Wildman–Crippen MR) is 74.8 cm³/mol. The van der Waals surface area contributed by atoms with Crippen molar-refractivity contribution >= 4 is 11.4 Å². The maximum Gasteiger partial charge on any atom is 0.240 e. The zero-order valence-corrected chi connectivity index (χ0v) is 13.1. The third-order valence-electron chi connectivity index (χ3n) is 3.27. The summed E-state index contributed by atoms with van der Waals surface area (Å²) in [5, 5.41) is 8.01. The molecule has 0 aliphatic heterocycles. The topological polar surface area (TPSA) is 74.0 Å². The van der Waals surface area contributed by atoms with Crippen LogP contribution in [0.25, 0.3) is 0 Å². The third-order valence-corrected chi connectivity index (χ3v) is 5.01. The Kier molecular flexibility index (Phi) is 3.95. The number of hydrogen-bond acceptors (Lipinski definition) is 5. The highest BCUT2D eigenvalue weighted by atomic mass is 32.2.